The van der Waals surface area contributed by atoms with E-state index in [-0.39, 0.29) is 5.91 Å². The average Bonchev–Trinajstić information content (AvgIpc) is 3.23. The summed E-state index contributed by atoms with van der Waals surface area (Å²) in [5, 5.41) is 2.88. The van der Waals surface area contributed by atoms with E-state index in [0.29, 0.717) is 30.1 Å². The summed E-state index contributed by atoms with van der Waals surface area (Å²) in [6, 6.07) is 10.7. The molecule has 1 amide bonds. The molecule has 2 heterocycles. The van der Waals surface area contributed by atoms with Gasteiger partial charge in [0.15, 0.2) is 0 Å². The number of aryl methyl sites for hydroxylation is 2. The van der Waals surface area contributed by atoms with Crippen LogP contribution in [0, 0.1) is 13.8 Å². The molecule has 1 saturated heterocycles. The molecular formula is C18H22N2O3S2. The second-order valence-corrected chi connectivity index (χ2v) is 9.75. The third kappa shape index (κ3) is 3.94. The maximum absolute atomic E-state index is 12.8. The van der Waals surface area contributed by atoms with Gasteiger partial charge < -0.3 is 5.32 Å². The fraction of sp³-hybridized carbons (Fsp3) is 0.389. The summed E-state index contributed by atoms with van der Waals surface area (Å²) in [6.07, 6.45) is 1.26. The Balaban J connectivity index is 1.70. The Morgan fingerprint density at radius 3 is 2.56 bits per heavy atom. The number of thiophene rings is 1. The predicted molar refractivity (Wildman–Crippen MR) is 99.0 cm³/mol. The lowest BCUT2D eigenvalue weighted by molar-refractivity contribution is -0.124. The third-order valence-electron chi connectivity index (χ3n) is 4.37. The van der Waals surface area contributed by atoms with E-state index in [1.807, 2.05) is 38.1 Å². The molecule has 0 spiro atoms. The summed E-state index contributed by atoms with van der Waals surface area (Å²) in [4.78, 5) is 13.5. The number of nitrogens with zero attached hydrogens (tertiary/aromatic N) is 1. The van der Waals surface area contributed by atoms with E-state index in [1.54, 1.807) is 12.1 Å². The summed E-state index contributed by atoms with van der Waals surface area (Å²) in [5.41, 5.74) is 2.16. The SMILES string of the molecule is Cc1ccc(CNC(=O)C2CCCN2S(=O)(=O)c2ccc(C)s2)cc1. The van der Waals surface area contributed by atoms with E-state index in [0.717, 1.165) is 16.0 Å². The molecule has 0 bridgehead atoms. The third-order valence-corrected chi connectivity index (χ3v) is 7.75. The Morgan fingerprint density at radius 1 is 1.20 bits per heavy atom. The largest absolute Gasteiger partial charge is 0.351 e. The number of sulfonamides is 1. The molecule has 5 nitrogen and oxygen atoms in total. The summed E-state index contributed by atoms with van der Waals surface area (Å²) < 4.78 is 27.3. The van der Waals surface area contributed by atoms with Crippen LogP contribution < -0.4 is 5.32 Å². The first-order valence-corrected chi connectivity index (χ1v) is 10.5. The van der Waals surface area contributed by atoms with Crippen LogP contribution in [0.1, 0.15) is 28.8 Å². The monoisotopic (exact) mass is 378 g/mol. The molecule has 25 heavy (non-hydrogen) atoms. The van der Waals surface area contributed by atoms with Crippen LogP contribution >= 0.6 is 11.3 Å². The molecule has 1 aromatic heterocycles. The van der Waals surface area contributed by atoms with Crippen molar-refractivity contribution in [2.45, 2.75) is 43.5 Å². The first kappa shape index (κ1) is 18.1. The smallest absolute Gasteiger partial charge is 0.253 e. The van der Waals surface area contributed by atoms with Crippen molar-refractivity contribution in [3.8, 4) is 0 Å². The Kier molecular flexibility index (Phi) is 5.27. The topological polar surface area (TPSA) is 66.5 Å². The van der Waals surface area contributed by atoms with E-state index in [4.69, 9.17) is 0 Å². The van der Waals surface area contributed by atoms with Gasteiger partial charge in [-0.2, -0.15) is 4.31 Å². The highest BCUT2D eigenvalue weighted by atomic mass is 32.2. The molecule has 2 aromatic rings. The van der Waals surface area contributed by atoms with Crippen LogP contribution in [0.2, 0.25) is 0 Å². The quantitative estimate of drug-likeness (QED) is 0.870. The van der Waals surface area contributed by atoms with Crippen molar-refractivity contribution in [1.29, 1.82) is 0 Å². The van der Waals surface area contributed by atoms with Crippen molar-refractivity contribution in [3.63, 3.8) is 0 Å². The molecule has 134 valence electrons. The number of carbonyl (C=O) groups is 1. The van der Waals surface area contributed by atoms with Gasteiger partial charge in [-0.1, -0.05) is 29.8 Å². The molecular weight excluding hydrogens is 356 g/mol. The zero-order valence-corrected chi connectivity index (χ0v) is 16.0. The first-order valence-electron chi connectivity index (χ1n) is 8.29. The average molecular weight is 379 g/mol. The summed E-state index contributed by atoms with van der Waals surface area (Å²) in [5.74, 6) is -0.227. The lowest BCUT2D eigenvalue weighted by atomic mass is 10.1. The van der Waals surface area contributed by atoms with Crippen LogP contribution in [0.3, 0.4) is 0 Å². The van der Waals surface area contributed by atoms with Gasteiger partial charge >= 0.3 is 0 Å². The zero-order valence-electron chi connectivity index (χ0n) is 14.4. The molecule has 0 radical (unpaired) electrons. The Bertz CT molecular complexity index is 857. The first-order chi connectivity index (χ1) is 11.9. The molecule has 1 aliphatic rings. The molecule has 1 unspecified atom stereocenters. The fourth-order valence-electron chi connectivity index (χ4n) is 2.97. The van der Waals surface area contributed by atoms with E-state index >= 15 is 0 Å². The number of rotatable bonds is 5. The van der Waals surface area contributed by atoms with Gasteiger partial charge in [0.1, 0.15) is 10.3 Å². The van der Waals surface area contributed by atoms with Gasteiger partial charge in [-0.15, -0.1) is 11.3 Å². The molecule has 1 N–H and O–H groups in total. The molecule has 3 rings (SSSR count). The van der Waals surface area contributed by atoms with Crippen LogP contribution in [0.15, 0.2) is 40.6 Å². The van der Waals surface area contributed by atoms with E-state index < -0.39 is 16.1 Å². The standard InChI is InChI=1S/C18H22N2O3S2/c1-13-5-8-15(9-6-13)12-19-18(21)16-4-3-11-20(16)25(22,23)17-10-7-14(2)24-17/h5-10,16H,3-4,11-12H2,1-2H3,(H,19,21). The minimum absolute atomic E-state index is 0.227. The van der Waals surface area contributed by atoms with Crippen LogP contribution in [-0.2, 0) is 21.4 Å². The predicted octanol–water partition coefficient (Wildman–Crippen LogP) is 2.83. The molecule has 1 fully saturated rings. The van der Waals surface area contributed by atoms with Gasteiger partial charge in [-0.25, -0.2) is 8.42 Å². The Hall–Kier alpha value is -1.70. The second kappa shape index (κ2) is 7.27. The van der Waals surface area contributed by atoms with Crippen molar-refractivity contribution in [2.24, 2.45) is 0 Å². The van der Waals surface area contributed by atoms with Crippen LogP contribution in [-0.4, -0.2) is 31.2 Å². The number of benzene rings is 1. The van der Waals surface area contributed by atoms with Crippen molar-refractivity contribution >= 4 is 27.3 Å². The number of hydrogen-bond acceptors (Lipinski definition) is 4. The van der Waals surface area contributed by atoms with Crippen molar-refractivity contribution in [3.05, 3.63) is 52.4 Å². The lowest BCUT2D eigenvalue weighted by Gasteiger charge is -2.22. The van der Waals surface area contributed by atoms with E-state index in [1.165, 1.54) is 15.6 Å². The van der Waals surface area contributed by atoms with Crippen LogP contribution in [0.25, 0.3) is 0 Å². The van der Waals surface area contributed by atoms with Gasteiger partial charge in [-0.3, -0.25) is 4.79 Å². The van der Waals surface area contributed by atoms with Gasteiger partial charge in [0.2, 0.25) is 5.91 Å². The van der Waals surface area contributed by atoms with Crippen LogP contribution in [0.5, 0.6) is 0 Å². The lowest BCUT2D eigenvalue weighted by Crippen LogP contribution is -2.45. The van der Waals surface area contributed by atoms with Gasteiger partial charge in [0.25, 0.3) is 10.0 Å². The molecule has 1 atom stereocenters. The minimum Gasteiger partial charge on any atom is -0.351 e. The summed E-state index contributed by atoms with van der Waals surface area (Å²) >= 11 is 1.25. The molecule has 1 aromatic carbocycles. The van der Waals surface area contributed by atoms with Gasteiger partial charge in [0, 0.05) is 18.0 Å². The highest BCUT2D eigenvalue weighted by molar-refractivity contribution is 7.91. The Labute approximate surface area is 152 Å². The molecule has 7 heteroatoms. The summed E-state index contributed by atoms with van der Waals surface area (Å²) in [7, 11) is -3.61. The highest BCUT2D eigenvalue weighted by Crippen LogP contribution is 2.30. The fourth-order valence-corrected chi connectivity index (χ4v) is 6.04. The van der Waals surface area contributed by atoms with E-state index in [9.17, 15) is 13.2 Å². The maximum Gasteiger partial charge on any atom is 0.253 e. The van der Waals surface area contributed by atoms with Gasteiger partial charge in [-0.05, 0) is 44.4 Å². The molecule has 0 saturated carbocycles. The number of nitrogens with one attached hydrogen (secondary N) is 1. The van der Waals surface area contributed by atoms with Crippen molar-refractivity contribution < 1.29 is 13.2 Å². The van der Waals surface area contributed by atoms with E-state index in [2.05, 4.69) is 5.32 Å². The number of amides is 1. The number of carbonyl (C=O) groups excluding carboxylic acids is 1. The van der Waals surface area contributed by atoms with Crippen molar-refractivity contribution in [2.75, 3.05) is 6.54 Å². The zero-order chi connectivity index (χ0) is 18.0. The van der Waals surface area contributed by atoms with Crippen molar-refractivity contribution in [1.82, 2.24) is 9.62 Å². The minimum atomic E-state index is -3.61. The highest BCUT2D eigenvalue weighted by Gasteiger charge is 2.39. The molecule has 0 aliphatic carbocycles. The Morgan fingerprint density at radius 2 is 1.92 bits per heavy atom. The number of hydrogen-bond donors (Lipinski definition) is 1. The maximum atomic E-state index is 12.8. The second-order valence-electron chi connectivity index (χ2n) is 6.34. The summed E-state index contributed by atoms with van der Waals surface area (Å²) in [6.45, 7) is 4.68. The van der Waals surface area contributed by atoms with Crippen LogP contribution in [0.4, 0.5) is 0 Å². The molecule has 1 aliphatic heterocycles. The van der Waals surface area contributed by atoms with Gasteiger partial charge in [0.05, 0.1) is 0 Å². The normalized spacial score (nSPS) is 18.4.